The van der Waals surface area contributed by atoms with Crippen molar-refractivity contribution in [3.05, 3.63) is 66.9 Å². The highest BCUT2D eigenvalue weighted by atomic mass is 16.5. The summed E-state index contributed by atoms with van der Waals surface area (Å²) < 4.78 is 13.8. The lowest BCUT2D eigenvalue weighted by molar-refractivity contribution is 0.120. The van der Waals surface area contributed by atoms with Gasteiger partial charge in [-0.05, 0) is 11.5 Å². The van der Waals surface area contributed by atoms with E-state index in [4.69, 9.17) is 9.47 Å². The Morgan fingerprint density at radius 2 is 1.88 bits per heavy atom. The minimum atomic E-state index is -0.0935. The van der Waals surface area contributed by atoms with Crippen LogP contribution in [0.5, 0.6) is 5.75 Å². The highest BCUT2D eigenvalue weighted by Gasteiger charge is 2.19. The van der Waals surface area contributed by atoms with Gasteiger partial charge in [0.15, 0.2) is 0 Å². The summed E-state index contributed by atoms with van der Waals surface area (Å²) in [5.41, 5.74) is -0.0935. The Bertz CT molecular complexity index is 840. The molecule has 25 heavy (non-hydrogen) atoms. The second-order valence-corrected chi connectivity index (χ2v) is 6.93. The van der Waals surface area contributed by atoms with Gasteiger partial charge in [-0.15, -0.1) is 0 Å². The lowest BCUT2D eigenvalue weighted by atomic mass is 9.94. The minimum Gasteiger partial charge on any atom is -0.492 e. The molecule has 0 saturated carbocycles. The van der Waals surface area contributed by atoms with Gasteiger partial charge in [-0.1, -0.05) is 57.2 Å². The van der Waals surface area contributed by atoms with Crippen LogP contribution in [0, 0.1) is 5.41 Å². The molecule has 0 aliphatic rings. The summed E-state index contributed by atoms with van der Waals surface area (Å²) in [6.07, 6.45) is 7.36. The number of hydrogen-bond acceptors (Lipinski definition) is 3. The van der Waals surface area contributed by atoms with Crippen LogP contribution >= 0.6 is 0 Å². The molecule has 0 aliphatic heterocycles. The molecule has 130 valence electrons. The van der Waals surface area contributed by atoms with Gasteiger partial charge in [0.25, 0.3) is 0 Å². The largest absolute Gasteiger partial charge is 0.492 e. The molecule has 2 aromatic carbocycles. The van der Waals surface area contributed by atoms with Crippen molar-refractivity contribution in [3.8, 4) is 5.75 Å². The van der Waals surface area contributed by atoms with Crippen LogP contribution in [0.25, 0.3) is 17.0 Å². The number of aromatic nitrogens is 2. The number of hydrogen-bond donors (Lipinski definition) is 0. The van der Waals surface area contributed by atoms with E-state index >= 15 is 0 Å². The molecular weight excluding hydrogens is 312 g/mol. The maximum absolute atomic E-state index is 6.00. The van der Waals surface area contributed by atoms with Gasteiger partial charge in [0.2, 0.25) is 0 Å². The fourth-order valence-electron chi connectivity index (χ4n) is 2.55. The lowest BCUT2D eigenvalue weighted by Gasteiger charge is -2.23. The summed E-state index contributed by atoms with van der Waals surface area (Å²) in [7, 11) is 0. The second kappa shape index (κ2) is 7.43. The topological polar surface area (TPSA) is 36.3 Å². The second-order valence-electron chi connectivity index (χ2n) is 6.93. The molecule has 0 fully saturated rings. The summed E-state index contributed by atoms with van der Waals surface area (Å²) in [4.78, 5) is 4.06. The molecule has 0 radical (unpaired) electrons. The summed E-state index contributed by atoms with van der Waals surface area (Å²) in [5.74, 6) is 1.78. The van der Waals surface area contributed by atoms with Gasteiger partial charge in [0, 0.05) is 29.4 Å². The number of imidazole rings is 1. The number of ether oxygens (including phenoxy) is 2. The van der Waals surface area contributed by atoms with Crippen molar-refractivity contribution in [1.29, 1.82) is 0 Å². The Hall–Kier alpha value is -2.75. The predicted molar refractivity (Wildman–Crippen MR) is 101 cm³/mol. The van der Waals surface area contributed by atoms with E-state index in [1.165, 1.54) is 5.39 Å². The molecule has 4 heteroatoms. The molecule has 3 aromatic rings. The summed E-state index contributed by atoms with van der Waals surface area (Å²) in [5, 5.41) is 2.30. The molecule has 0 amide bonds. The van der Waals surface area contributed by atoms with Crippen LogP contribution in [0.4, 0.5) is 0 Å². The fourth-order valence-corrected chi connectivity index (χ4v) is 2.55. The van der Waals surface area contributed by atoms with Crippen LogP contribution in [-0.2, 0) is 4.74 Å². The third-order valence-corrected chi connectivity index (χ3v) is 3.88. The van der Waals surface area contributed by atoms with Crippen molar-refractivity contribution >= 4 is 17.0 Å². The molecule has 0 N–H and O–H groups in total. The van der Waals surface area contributed by atoms with E-state index < -0.39 is 0 Å². The highest BCUT2D eigenvalue weighted by Crippen LogP contribution is 2.27. The molecule has 1 heterocycles. The molecular formula is C21H24N2O2. The van der Waals surface area contributed by atoms with Gasteiger partial charge in [-0.25, -0.2) is 4.98 Å². The predicted octanol–water partition coefficient (Wildman–Crippen LogP) is 4.98. The molecule has 0 spiro atoms. The summed E-state index contributed by atoms with van der Waals surface area (Å²) in [6.45, 7) is 7.36. The monoisotopic (exact) mass is 336 g/mol. The maximum Gasteiger partial charge on any atom is 0.127 e. The summed E-state index contributed by atoms with van der Waals surface area (Å²) in [6, 6.07) is 14.3. The fraction of sp³-hybridized carbons (Fsp3) is 0.286. The molecule has 0 saturated heterocycles. The smallest absolute Gasteiger partial charge is 0.127 e. The highest BCUT2D eigenvalue weighted by molar-refractivity contribution is 5.88. The zero-order valence-electron chi connectivity index (χ0n) is 15.0. The SMILES string of the molecule is CC(C)(C)C(=Cn1ccnc1)OCCOc1cccc2ccccc12. The zero-order chi connectivity index (χ0) is 17.7. The van der Waals surface area contributed by atoms with Gasteiger partial charge in [0.05, 0.1) is 6.33 Å². The molecule has 4 nitrogen and oxygen atoms in total. The lowest BCUT2D eigenvalue weighted by Crippen LogP contribution is -2.16. The average molecular weight is 336 g/mol. The first-order chi connectivity index (χ1) is 12.0. The van der Waals surface area contributed by atoms with Crippen LogP contribution in [0.15, 0.2) is 66.9 Å². The van der Waals surface area contributed by atoms with Crippen molar-refractivity contribution in [2.24, 2.45) is 5.41 Å². The Kier molecular flexibility index (Phi) is 5.08. The van der Waals surface area contributed by atoms with Gasteiger partial charge in [0.1, 0.15) is 24.7 Å². The van der Waals surface area contributed by atoms with Crippen molar-refractivity contribution in [1.82, 2.24) is 9.55 Å². The minimum absolute atomic E-state index is 0.0935. The molecule has 3 rings (SSSR count). The number of benzene rings is 2. The quantitative estimate of drug-likeness (QED) is 0.471. The third kappa shape index (κ3) is 4.41. The molecule has 1 aromatic heterocycles. The summed E-state index contributed by atoms with van der Waals surface area (Å²) >= 11 is 0. The van der Waals surface area contributed by atoms with E-state index in [9.17, 15) is 0 Å². The number of allylic oxidation sites excluding steroid dienone is 1. The van der Waals surface area contributed by atoms with Crippen molar-refractivity contribution in [3.63, 3.8) is 0 Å². The standard InChI is InChI=1S/C21H24N2O2/c1-21(2,3)20(15-23-12-11-22-16-23)25-14-13-24-19-10-6-8-17-7-4-5-9-18(17)19/h4-12,15-16H,13-14H2,1-3H3. The Labute approximate surface area is 148 Å². The molecule has 0 aliphatic carbocycles. The molecule has 0 unspecified atom stereocenters. The van der Waals surface area contributed by atoms with Crippen LogP contribution in [-0.4, -0.2) is 22.8 Å². The van der Waals surface area contributed by atoms with Gasteiger partial charge in [-0.3, -0.25) is 0 Å². The van der Waals surface area contributed by atoms with Crippen LogP contribution < -0.4 is 4.74 Å². The first kappa shape index (κ1) is 17.1. The first-order valence-corrected chi connectivity index (χ1v) is 8.47. The van der Waals surface area contributed by atoms with E-state index in [-0.39, 0.29) is 5.41 Å². The Balaban J connectivity index is 1.63. The number of nitrogens with zero attached hydrogens (tertiary/aromatic N) is 2. The van der Waals surface area contributed by atoms with Crippen LogP contribution in [0.1, 0.15) is 20.8 Å². The first-order valence-electron chi connectivity index (χ1n) is 8.47. The number of fused-ring (bicyclic) bond motifs is 1. The van der Waals surface area contributed by atoms with Crippen molar-refractivity contribution in [2.75, 3.05) is 13.2 Å². The van der Waals surface area contributed by atoms with Gasteiger partial charge in [-0.2, -0.15) is 0 Å². The van der Waals surface area contributed by atoms with Gasteiger partial charge >= 0.3 is 0 Å². The van der Waals surface area contributed by atoms with E-state index in [1.807, 2.05) is 41.2 Å². The maximum atomic E-state index is 6.00. The van der Waals surface area contributed by atoms with Crippen LogP contribution in [0.3, 0.4) is 0 Å². The Morgan fingerprint density at radius 1 is 1.08 bits per heavy atom. The van der Waals surface area contributed by atoms with E-state index in [2.05, 4.69) is 44.0 Å². The number of rotatable bonds is 6. The third-order valence-electron chi connectivity index (χ3n) is 3.88. The molecule has 0 bridgehead atoms. The normalized spacial score (nSPS) is 12.4. The average Bonchev–Trinajstić information content (AvgIpc) is 3.10. The van der Waals surface area contributed by atoms with E-state index in [0.29, 0.717) is 13.2 Å². The van der Waals surface area contributed by atoms with E-state index in [1.54, 1.807) is 12.5 Å². The van der Waals surface area contributed by atoms with Crippen molar-refractivity contribution < 1.29 is 9.47 Å². The zero-order valence-corrected chi connectivity index (χ0v) is 15.0. The van der Waals surface area contributed by atoms with E-state index in [0.717, 1.165) is 16.9 Å². The molecule has 0 atom stereocenters. The van der Waals surface area contributed by atoms with Crippen molar-refractivity contribution in [2.45, 2.75) is 20.8 Å². The Morgan fingerprint density at radius 3 is 2.64 bits per heavy atom. The van der Waals surface area contributed by atoms with Gasteiger partial charge < -0.3 is 14.0 Å². The van der Waals surface area contributed by atoms with Crippen LogP contribution in [0.2, 0.25) is 0 Å².